The minimum absolute atomic E-state index is 0.514. The molecule has 0 bridgehead atoms. The Kier molecular flexibility index (Phi) is 5.60. The van der Waals surface area contributed by atoms with Crippen molar-refractivity contribution in [2.75, 3.05) is 12.3 Å². The summed E-state index contributed by atoms with van der Waals surface area (Å²) >= 11 is 8.48. The first-order chi connectivity index (χ1) is 9.13. The second-order valence-electron chi connectivity index (χ2n) is 5.29. The van der Waals surface area contributed by atoms with Gasteiger partial charge in [-0.25, -0.2) is 0 Å². The highest BCUT2D eigenvalue weighted by molar-refractivity contribution is 8.00. The maximum Gasteiger partial charge on any atom is 0.0847 e. The smallest absolute Gasteiger partial charge is 0.0847 e. The third-order valence-electron chi connectivity index (χ3n) is 3.75. The zero-order valence-electron chi connectivity index (χ0n) is 12.1. The molecule has 1 aromatic rings. The van der Waals surface area contributed by atoms with E-state index in [2.05, 4.69) is 29.1 Å². The van der Waals surface area contributed by atoms with Gasteiger partial charge in [-0.2, -0.15) is 16.9 Å². The molecule has 5 heteroatoms. The second-order valence-corrected chi connectivity index (χ2v) is 7.01. The van der Waals surface area contributed by atoms with Gasteiger partial charge in [0.15, 0.2) is 0 Å². The molecule has 0 amide bonds. The number of rotatable bonds is 6. The van der Waals surface area contributed by atoms with E-state index in [0.29, 0.717) is 6.04 Å². The van der Waals surface area contributed by atoms with Gasteiger partial charge in [-0.1, -0.05) is 18.5 Å². The lowest BCUT2D eigenvalue weighted by atomic mass is 10.0. The Bertz CT molecular complexity index is 413. The molecule has 0 aromatic carbocycles. The van der Waals surface area contributed by atoms with E-state index in [1.807, 2.05) is 18.7 Å². The Labute approximate surface area is 125 Å². The molecule has 2 rings (SSSR count). The Balaban J connectivity index is 2.09. The SMILES string of the molecule is CCCNC(Cc1c(Cl)c(C)nn1C)C1CCCS1. The lowest BCUT2D eigenvalue weighted by Gasteiger charge is -2.24. The van der Waals surface area contributed by atoms with Gasteiger partial charge in [-0.3, -0.25) is 4.68 Å². The van der Waals surface area contributed by atoms with Crippen LogP contribution in [0.2, 0.25) is 5.02 Å². The number of aryl methyl sites for hydroxylation is 2. The molecule has 2 atom stereocenters. The molecule has 2 heterocycles. The van der Waals surface area contributed by atoms with Crippen molar-refractivity contribution in [3.05, 3.63) is 16.4 Å². The van der Waals surface area contributed by atoms with Gasteiger partial charge in [0.2, 0.25) is 0 Å². The third kappa shape index (κ3) is 3.67. The van der Waals surface area contributed by atoms with Gasteiger partial charge in [0, 0.05) is 24.8 Å². The average molecular weight is 302 g/mol. The van der Waals surface area contributed by atoms with Gasteiger partial charge >= 0.3 is 0 Å². The Morgan fingerprint density at radius 1 is 1.58 bits per heavy atom. The number of nitrogens with zero attached hydrogens (tertiary/aromatic N) is 2. The van der Waals surface area contributed by atoms with Crippen LogP contribution in [0.15, 0.2) is 0 Å². The molecular formula is C14H24ClN3S. The molecule has 19 heavy (non-hydrogen) atoms. The molecule has 2 unspecified atom stereocenters. The molecule has 1 aromatic heterocycles. The molecule has 3 nitrogen and oxygen atoms in total. The van der Waals surface area contributed by atoms with Crippen molar-refractivity contribution in [2.24, 2.45) is 7.05 Å². The first-order valence-corrected chi connectivity index (χ1v) is 8.59. The second kappa shape index (κ2) is 7.00. The largest absolute Gasteiger partial charge is 0.312 e. The maximum atomic E-state index is 6.38. The summed E-state index contributed by atoms with van der Waals surface area (Å²) in [4.78, 5) is 0. The standard InChI is InChI=1S/C14H24ClN3S/c1-4-7-16-11(13-6-5-8-19-13)9-12-14(15)10(2)17-18(12)3/h11,13,16H,4-9H2,1-3H3. The van der Waals surface area contributed by atoms with Crippen LogP contribution in [0.3, 0.4) is 0 Å². The van der Waals surface area contributed by atoms with Gasteiger partial charge < -0.3 is 5.32 Å². The van der Waals surface area contributed by atoms with E-state index < -0.39 is 0 Å². The highest BCUT2D eigenvalue weighted by Crippen LogP contribution is 2.31. The van der Waals surface area contributed by atoms with E-state index in [0.717, 1.165) is 28.9 Å². The highest BCUT2D eigenvalue weighted by atomic mass is 35.5. The van der Waals surface area contributed by atoms with Crippen LogP contribution in [-0.4, -0.2) is 33.4 Å². The fraction of sp³-hybridized carbons (Fsp3) is 0.786. The fourth-order valence-electron chi connectivity index (χ4n) is 2.69. The molecule has 0 spiro atoms. The van der Waals surface area contributed by atoms with Crippen molar-refractivity contribution >= 4 is 23.4 Å². The lowest BCUT2D eigenvalue weighted by Crippen LogP contribution is -2.40. The number of halogens is 1. The molecular weight excluding hydrogens is 278 g/mol. The fourth-order valence-corrected chi connectivity index (χ4v) is 4.33. The van der Waals surface area contributed by atoms with Crippen LogP contribution >= 0.6 is 23.4 Å². The van der Waals surface area contributed by atoms with Gasteiger partial charge in [-0.05, 0) is 38.5 Å². The summed E-state index contributed by atoms with van der Waals surface area (Å²) < 4.78 is 1.94. The summed E-state index contributed by atoms with van der Waals surface area (Å²) in [5, 5.41) is 9.69. The van der Waals surface area contributed by atoms with E-state index in [-0.39, 0.29) is 0 Å². The summed E-state index contributed by atoms with van der Waals surface area (Å²) in [6, 6.07) is 0.514. The van der Waals surface area contributed by atoms with Crippen molar-refractivity contribution < 1.29 is 0 Å². The van der Waals surface area contributed by atoms with E-state index in [1.54, 1.807) is 0 Å². The molecule has 0 saturated carbocycles. The molecule has 108 valence electrons. The zero-order valence-corrected chi connectivity index (χ0v) is 13.7. The van der Waals surface area contributed by atoms with Crippen molar-refractivity contribution in [1.29, 1.82) is 0 Å². The minimum atomic E-state index is 0.514. The monoisotopic (exact) mass is 301 g/mol. The van der Waals surface area contributed by atoms with Gasteiger partial charge in [0.1, 0.15) is 0 Å². The molecule has 1 aliphatic rings. The predicted molar refractivity (Wildman–Crippen MR) is 84.2 cm³/mol. The topological polar surface area (TPSA) is 29.9 Å². The number of nitrogens with one attached hydrogen (secondary N) is 1. The number of hydrogen-bond acceptors (Lipinski definition) is 3. The zero-order chi connectivity index (χ0) is 13.8. The summed E-state index contributed by atoms with van der Waals surface area (Å²) in [6.07, 6.45) is 4.82. The van der Waals surface area contributed by atoms with E-state index in [1.165, 1.54) is 30.7 Å². The van der Waals surface area contributed by atoms with Crippen LogP contribution in [0, 0.1) is 6.92 Å². The number of hydrogen-bond donors (Lipinski definition) is 1. The average Bonchev–Trinajstić information content (AvgIpc) is 2.98. The normalized spacial score (nSPS) is 20.9. The van der Waals surface area contributed by atoms with Crippen molar-refractivity contribution in [3.8, 4) is 0 Å². The Hall–Kier alpha value is -0.190. The van der Waals surface area contributed by atoms with E-state index in [4.69, 9.17) is 11.6 Å². The number of thioether (sulfide) groups is 1. The summed E-state index contributed by atoms with van der Waals surface area (Å²) in [5.74, 6) is 1.30. The van der Waals surface area contributed by atoms with Crippen molar-refractivity contribution in [2.45, 2.75) is 50.8 Å². The maximum absolute atomic E-state index is 6.38. The van der Waals surface area contributed by atoms with Crippen molar-refractivity contribution in [1.82, 2.24) is 15.1 Å². The first kappa shape index (κ1) is 15.2. The van der Waals surface area contributed by atoms with Gasteiger partial charge in [0.25, 0.3) is 0 Å². The highest BCUT2D eigenvalue weighted by Gasteiger charge is 2.27. The van der Waals surface area contributed by atoms with Crippen LogP contribution in [0.5, 0.6) is 0 Å². The molecule has 1 aliphatic heterocycles. The van der Waals surface area contributed by atoms with Crippen LogP contribution in [0.25, 0.3) is 0 Å². The summed E-state index contributed by atoms with van der Waals surface area (Å²) in [6.45, 7) is 5.27. The quantitative estimate of drug-likeness (QED) is 0.875. The lowest BCUT2D eigenvalue weighted by molar-refractivity contribution is 0.470. The molecule has 1 saturated heterocycles. The first-order valence-electron chi connectivity index (χ1n) is 7.16. The van der Waals surface area contributed by atoms with Gasteiger partial charge in [0.05, 0.1) is 16.4 Å². The third-order valence-corrected chi connectivity index (χ3v) is 5.75. The van der Waals surface area contributed by atoms with E-state index >= 15 is 0 Å². The van der Waals surface area contributed by atoms with Crippen LogP contribution < -0.4 is 5.32 Å². The molecule has 0 aliphatic carbocycles. The molecule has 0 radical (unpaired) electrons. The van der Waals surface area contributed by atoms with Crippen LogP contribution in [-0.2, 0) is 13.5 Å². The predicted octanol–water partition coefficient (Wildman–Crippen LogP) is 3.19. The molecule has 1 N–H and O–H groups in total. The summed E-state index contributed by atoms with van der Waals surface area (Å²) in [7, 11) is 1.99. The van der Waals surface area contributed by atoms with Gasteiger partial charge in [-0.15, -0.1) is 0 Å². The Morgan fingerprint density at radius 3 is 2.89 bits per heavy atom. The minimum Gasteiger partial charge on any atom is -0.312 e. The Morgan fingerprint density at radius 2 is 2.37 bits per heavy atom. The van der Waals surface area contributed by atoms with E-state index in [9.17, 15) is 0 Å². The number of aromatic nitrogens is 2. The van der Waals surface area contributed by atoms with Crippen LogP contribution in [0.4, 0.5) is 0 Å². The molecule has 1 fully saturated rings. The summed E-state index contributed by atoms with van der Waals surface area (Å²) in [5.41, 5.74) is 2.10. The van der Waals surface area contributed by atoms with Crippen molar-refractivity contribution in [3.63, 3.8) is 0 Å². The van der Waals surface area contributed by atoms with Crippen LogP contribution in [0.1, 0.15) is 37.6 Å².